The standard InChI is InChI=1S/C15H20N2/c1-11(2)5-8-14(16)13-7-6-12-4-3-9-17-15(12)10-13/h3-4,6-7,9-11,14H,5,8,16H2,1-2H3. The molecular weight excluding hydrogens is 208 g/mol. The van der Waals surface area contributed by atoms with Crippen LogP contribution in [0.2, 0.25) is 0 Å². The first kappa shape index (κ1) is 12.1. The van der Waals surface area contributed by atoms with Gasteiger partial charge < -0.3 is 5.73 Å². The second-order valence-electron chi connectivity index (χ2n) is 5.03. The molecule has 2 rings (SSSR count). The number of nitrogens with zero attached hydrogens (tertiary/aromatic N) is 1. The second-order valence-corrected chi connectivity index (χ2v) is 5.03. The minimum Gasteiger partial charge on any atom is -0.324 e. The van der Waals surface area contributed by atoms with E-state index in [9.17, 15) is 0 Å². The molecule has 2 N–H and O–H groups in total. The average Bonchev–Trinajstić information content (AvgIpc) is 2.35. The third-order valence-corrected chi connectivity index (χ3v) is 3.11. The highest BCUT2D eigenvalue weighted by Gasteiger charge is 2.07. The predicted octanol–water partition coefficient (Wildman–Crippen LogP) is 3.67. The van der Waals surface area contributed by atoms with Gasteiger partial charge in [-0.2, -0.15) is 0 Å². The van der Waals surface area contributed by atoms with Crippen LogP contribution < -0.4 is 5.73 Å². The molecule has 0 aliphatic heterocycles. The van der Waals surface area contributed by atoms with E-state index in [1.807, 2.05) is 12.3 Å². The Morgan fingerprint density at radius 1 is 1.18 bits per heavy atom. The number of pyridine rings is 1. The molecule has 1 heterocycles. The summed E-state index contributed by atoms with van der Waals surface area (Å²) in [4.78, 5) is 4.36. The van der Waals surface area contributed by atoms with Gasteiger partial charge in [0.15, 0.2) is 0 Å². The fraction of sp³-hybridized carbons (Fsp3) is 0.400. The first-order chi connectivity index (χ1) is 8.16. The lowest BCUT2D eigenvalue weighted by atomic mass is 9.97. The van der Waals surface area contributed by atoms with Crippen LogP contribution in [0.1, 0.15) is 38.3 Å². The Morgan fingerprint density at radius 2 is 2.00 bits per heavy atom. The van der Waals surface area contributed by atoms with Crippen molar-refractivity contribution in [2.75, 3.05) is 0 Å². The lowest BCUT2D eigenvalue weighted by Gasteiger charge is -2.13. The van der Waals surface area contributed by atoms with Crippen LogP contribution in [0.15, 0.2) is 36.5 Å². The highest BCUT2D eigenvalue weighted by molar-refractivity contribution is 5.78. The van der Waals surface area contributed by atoms with Crippen molar-refractivity contribution in [3.8, 4) is 0 Å². The Kier molecular flexibility index (Phi) is 3.75. The molecule has 0 aliphatic rings. The molecule has 0 bridgehead atoms. The number of hydrogen-bond acceptors (Lipinski definition) is 2. The van der Waals surface area contributed by atoms with Gasteiger partial charge in [0.05, 0.1) is 5.52 Å². The van der Waals surface area contributed by atoms with Crippen molar-refractivity contribution < 1.29 is 0 Å². The topological polar surface area (TPSA) is 38.9 Å². The van der Waals surface area contributed by atoms with Crippen LogP contribution in [-0.4, -0.2) is 4.98 Å². The van der Waals surface area contributed by atoms with Gasteiger partial charge in [-0.3, -0.25) is 4.98 Å². The molecule has 0 radical (unpaired) electrons. The van der Waals surface area contributed by atoms with E-state index >= 15 is 0 Å². The van der Waals surface area contributed by atoms with E-state index in [-0.39, 0.29) is 6.04 Å². The quantitative estimate of drug-likeness (QED) is 0.867. The number of benzene rings is 1. The third-order valence-electron chi connectivity index (χ3n) is 3.11. The van der Waals surface area contributed by atoms with Crippen molar-refractivity contribution in [1.29, 1.82) is 0 Å². The zero-order chi connectivity index (χ0) is 12.3. The van der Waals surface area contributed by atoms with Crippen molar-refractivity contribution in [1.82, 2.24) is 4.98 Å². The molecule has 1 aromatic carbocycles. The molecule has 0 spiro atoms. The summed E-state index contributed by atoms with van der Waals surface area (Å²) in [5.74, 6) is 0.708. The third kappa shape index (κ3) is 3.04. The summed E-state index contributed by atoms with van der Waals surface area (Å²) < 4.78 is 0. The first-order valence-electron chi connectivity index (χ1n) is 6.27. The molecule has 1 atom stereocenters. The van der Waals surface area contributed by atoms with E-state index in [2.05, 4.69) is 43.1 Å². The molecule has 0 amide bonds. The lowest BCUT2D eigenvalue weighted by molar-refractivity contribution is 0.507. The van der Waals surface area contributed by atoms with Crippen molar-refractivity contribution in [3.63, 3.8) is 0 Å². The number of nitrogens with two attached hydrogens (primary N) is 1. The zero-order valence-corrected chi connectivity index (χ0v) is 10.6. The van der Waals surface area contributed by atoms with E-state index in [0.29, 0.717) is 5.92 Å². The van der Waals surface area contributed by atoms with Gasteiger partial charge in [-0.15, -0.1) is 0 Å². The van der Waals surface area contributed by atoms with Gasteiger partial charge in [0, 0.05) is 17.6 Å². The molecule has 17 heavy (non-hydrogen) atoms. The number of rotatable bonds is 4. The Morgan fingerprint density at radius 3 is 2.76 bits per heavy atom. The van der Waals surface area contributed by atoms with Crippen molar-refractivity contribution in [3.05, 3.63) is 42.1 Å². The van der Waals surface area contributed by atoms with Gasteiger partial charge in [0.2, 0.25) is 0 Å². The summed E-state index contributed by atoms with van der Waals surface area (Å²) in [6, 6.07) is 10.5. The van der Waals surface area contributed by atoms with Crippen LogP contribution in [0.5, 0.6) is 0 Å². The molecule has 1 unspecified atom stereocenters. The van der Waals surface area contributed by atoms with Crippen LogP contribution in [0.3, 0.4) is 0 Å². The van der Waals surface area contributed by atoms with E-state index < -0.39 is 0 Å². The lowest BCUT2D eigenvalue weighted by Crippen LogP contribution is -2.11. The largest absolute Gasteiger partial charge is 0.324 e. The molecule has 0 aliphatic carbocycles. The van der Waals surface area contributed by atoms with Crippen molar-refractivity contribution in [2.45, 2.75) is 32.7 Å². The van der Waals surface area contributed by atoms with E-state index in [1.165, 1.54) is 17.4 Å². The fourth-order valence-corrected chi connectivity index (χ4v) is 1.99. The van der Waals surface area contributed by atoms with Gasteiger partial charge in [-0.1, -0.05) is 32.0 Å². The van der Waals surface area contributed by atoms with Crippen LogP contribution in [-0.2, 0) is 0 Å². The average molecular weight is 228 g/mol. The number of hydrogen-bond donors (Lipinski definition) is 1. The van der Waals surface area contributed by atoms with Gasteiger partial charge in [0.1, 0.15) is 0 Å². The fourth-order valence-electron chi connectivity index (χ4n) is 1.99. The first-order valence-corrected chi connectivity index (χ1v) is 6.27. The molecule has 2 nitrogen and oxygen atoms in total. The van der Waals surface area contributed by atoms with Gasteiger partial charge in [0.25, 0.3) is 0 Å². The Hall–Kier alpha value is -1.41. The summed E-state index contributed by atoms with van der Waals surface area (Å²) in [5.41, 5.74) is 8.43. The van der Waals surface area contributed by atoms with Gasteiger partial charge in [-0.25, -0.2) is 0 Å². The number of fused-ring (bicyclic) bond motifs is 1. The molecule has 0 fully saturated rings. The van der Waals surface area contributed by atoms with Crippen LogP contribution in [0.4, 0.5) is 0 Å². The second kappa shape index (κ2) is 5.28. The smallest absolute Gasteiger partial charge is 0.0705 e. The van der Waals surface area contributed by atoms with Crippen LogP contribution in [0, 0.1) is 5.92 Å². The van der Waals surface area contributed by atoms with Gasteiger partial charge >= 0.3 is 0 Å². The van der Waals surface area contributed by atoms with Crippen molar-refractivity contribution >= 4 is 10.9 Å². The van der Waals surface area contributed by atoms with Gasteiger partial charge in [-0.05, 0) is 36.5 Å². The molecule has 0 saturated heterocycles. The predicted molar refractivity (Wildman–Crippen MR) is 72.7 cm³/mol. The highest BCUT2D eigenvalue weighted by atomic mass is 14.7. The molecular formula is C15H20N2. The maximum atomic E-state index is 6.21. The number of aromatic nitrogens is 1. The monoisotopic (exact) mass is 228 g/mol. The normalized spacial score (nSPS) is 13.2. The summed E-state index contributed by atoms with van der Waals surface area (Å²) >= 11 is 0. The van der Waals surface area contributed by atoms with Crippen molar-refractivity contribution in [2.24, 2.45) is 11.7 Å². The maximum Gasteiger partial charge on any atom is 0.0705 e. The molecule has 1 aromatic heterocycles. The molecule has 90 valence electrons. The summed E-state index contributed by atoms with van der Waals surface area (Å²) in [6.45, 7) is 4.46. The molecule has 0 saturated carbocycles. The zero-order valence-electron chi connectivity index (χ0n) is 10.6. The SMILES string of the molecule is CC(C)CCC(N)c1ccc2cccnc2c1. The van der Waals surface area contributed by atoms with E-state index in [1.54, 1.807) is 0 Å². The minimum atomic E-state index is 0.129. The Balaban J connectivity index is 2.18. The summed E-state index contributed by atoms with van der Waals surface area (Å²) in [5, 5.41) is 1.17. The van der Waals surface area contributed by atoms with E-state index in [0.717, 1.165) is 11.9 Å². The maximum absolute atomic E-state index is 6.21. The Bertz CT molecular complexity index is 491. The Labute approximate surface area is 103 Å². The molecule has 2 heteroatoms. The highest BCUT2D eigenvalue weighted by Crippen LogP contribution is 2.21. The minimum absolute atomic E-state index is 0.129. The van der Waals surface area contributed by atoms with Crippen LogP contribution >= 0.6 is 0 Å². The summed E-state index contributed by atoms with van der Waals surface area (Å²) in [7, 11) is 0. The summed E-state index contributed by atoms with van der Waals surface area (Å²) in [6.07, 6.45) is 4.03. The van der Waals surface area contributed by atoms with Crippen LogP contribution in [0.25, 0.3) is 10.9 Å². The molecule has 2 aromatic rings. The van der Waals surface area contributed by atoms with E-state index in [4.69, 9.17) is 5.73 Å².